The zero-order valence-corrected chi connectivity index (χ0v) is 35.1. The van der Waals surface area contributed by atoms with Gasteiger partial charge in [0.05, 0.1) is 5.56 Å². The van der Waals surface area contributed by atoms with Crippen molar-refractivity contribution in [1.82, 2.24) is 15.0 Å². The van der Waals surface area contributed by atoms with Crippen LogP contribution in [0.2, 0.25) is 0 Å². The Hall–Kier alpha value is -8.73. The van der Waals surface area contributed by atoms with E-state index in [1.807, 2.05) is 18.2 Å². The van der Waals surface area contributed by atoms with Gasteiger partial charge in [-0.05, 0) is 113 Å². The maximum Gasteiger partial charge on any atom is 0.167 e. The highest BCUT2D eigenvalue weighted by molar-refractivity contribution is 6.10. The molecular weight excluding hydrogens is 791 g/mol. The van der Waals surface area contributed by atoms with Crippen molar-refractivity contribution in [1.29, 1.82) is 0 Å². The van der Waals surface area contributed by atoms with Crippen LogP contribution in [0.5, 0.6) is 0 Å². The number of rotatable bonds is 6. The molecule has 13 aromatic rings. The minimum absolute atomic E-state index is 0.545. The highest BCUT2D eigenvalue weighted by Crippen LogP contribution is 2.42. The van der Waals surface area contributed by atoms with Crippen LogP contribution in [0, 0.1) is 0 Å². The lowest BCUT2D eigenvalue weighted by Gasteiger charge is -2.16. The fourth-order valence-corrected chi connectivity index (χ4v) is 9.73. The third kappa shape index (κ3) is 6.26. The summed E-state index contributed by atoms with van der Waals surface area (Å²) in [5.74, 6) is 1.73. The molecule has 0 saturated carbocycles. The first-order chi connectivity index (χ1) is 32.2. The van der Waals surface area contributed by atoms with Gasteiger partial charge < -0.3 is 4.42 Å². The van der Waals surface area contributed by atoms with Gasteiger partial charge in [-0.3, -0.25) is 0 Å². The lowest BCUT2D eigenvalue weighted by molar-refractivity contribution is 0.669. The van der Waals surface area contributed by atoms with Crippen LogP contribution >= 0.6 is 0 Å². The van der Waals surface area contributed by atoms with Gasteiger partial charge in [-0.15, -0.1) is 0 Å². The van der Waals surface area contributed by atoms with E-state index in [4.69, 9.17) is 19.4 Å². The molecule has 0 aliphatic heterocycles. The second-order valence-corrected chi connectivity index (χ2v) is 16.7. The predicted octanol–water partition coefficient (Wildman–Crippen LogP) is 16.4. The molecule has 2 heterocycles. The van der Waals surface area contributed by atoms with Gasteiger partial charge in [0.15, 0.2) is 17.5 Å². The number of nitrogens with zero attached hydrogens (tertiary/aromatic N) is 3. The minimum atomic E-state index is 0.545. The molecule has 0 amide bonds. The predicted molar refractivity (Wildman–Crippen MR) is 270 cm³/mol. The van der Waals surface area contributed by atoms with Crippen LogP contribution in [0.15, 0.2) is 229 Å². The Balaban J connectivity index is 1.05. The Kier molecular flexibility index (Phi) is 8.50. The van der Waals surface area contributed by atoms with E-state index in [1.165, 1.54) is 32.7 Å². The molecule has 65 heavy (non-hydrogen) atoms. The summed E-state index contributed by atoms with van der Waals surface area (Å²) in [5, 5.41) is 11.2. The average Bonchev–Trinajstić information content (AvgIpc) is 3.77. The van der Waals surface area contributed by atoms with E-state index >= 15 is 0 Å². The van der Waals surface area contributed by atoms with Crippen molar-refractivity contribution in [2.75, 3.05) is 0 Å². The van der Waals surface area contributed by atoms with Crippen molar-refractivity contribution in [2.24, 2.45) is 0 Å². The van der Waals surface area contributed by atoms with Gasteiger partial charge in [-0.2, -0.15) is 0 Å². The SMILES string of the molecule is c1ccc(-c2ccc3ccc(-c4ccc(-c5nc(-c6c(-c7ccc8ccccc8c7)ccc7ccccc67)nc(-c6cccc7c6oc6ccccc67)n5)c5ccccc45)cc3c2)cc1. The molecule has 11 aromatic carbocycles. The summed E-state index contributed by atoms with van der Waals surface area (Å²) in [6.07, 6.45) is 0. The van der Waals surface area contributed by atoms with E-state index in [0.29, 0.717) is 17.5 Å². The molecule has 0 saturated heterocycles. The summed E-state index contributed by atoms with van der Waals surface area (Å²) in [6, 6.07) is 79.5. The largest absolute Gasteiger partial charge is 0.455 e. The van der Waals surface area contributed by atoms with Crippen LogP contribution in [0.1, 0.15) is 0 Å². The summed E-state index contributed by atoms with van der Waals surface area (Å²) in [4.78, 5) is 16.3. The monoisotopic (exact) mass is 827 g/mol. The Morgan fingerprint density at radius 3 is 1.60 bits per heavy atom. The van der Waals surface area contributed by atoms with Crippen LogP contribution in [-0.2, 0) is 0 Å². The van der Waals surface area contributed by atoms with E-state index in [-0.39, 0.29) is 0 Å². The summed E-state index contributed by atoms with van der Waals surface area (Å²) in [6.45, 7) is 0. The van der Waals surface area contributed by atoms with Crippen LogP contribution in [0.25, 0.3) is 133 Å². The van der Waals surface area contributed by atoms with Crippen molar-refractivity contribution in [3.8, 4) is 67.5 Å². The van der Waals surface area contributed by atoms with E-state index in [9.17, 15) is 0 Å². The zero-order valence-electron chi connectivity index (χ0n) is 35.1. The molecule has 2 aromatic heterocycles. The van der Waals surface area contributed by atoms with Crippen molar-refractivity contribution < 1.29 is 4.42 Å². The molecule has 13 rings (SSSR count). The molecule has 0 aliphatic carbocycles. The normalized spacial score (nSPS) is 11.7. The van der Waals surface area contributed by atoms with Crippen molar-refractivity contribution in [3.63, 3.8) is 0 Å². The number of hydrogen-bond donors (Lipinski definition) is 0. The smallest absolute Gasteiger partial charge is 0.167 e. The van der Waals surface area contributed by atoms with Crippen LogP contribution in [0.4, 0.5) is 0 Å². The molecule has 0 unspecified atom stereocenters. The number of hydrogen-bond acceptors (Lipinski definition) is 4. The molecule has 0 bridgehead atoms. The maximum absolute atomic E-state index is 6.63. The van der Waals surface area contributed by atoms with Gasteiger partial charge >= 0.3 is 0 Å². The first-order valence-electron chi connectivity index (χ1n) is 22.0. The number of benzene rings is 11. The Morgan fingerprint density at radius 2 is 0.785 bits per heavy atom. The summed E-state index contributed by atoms with van der Waals surface area (Å²) in [5.41, 5.74) is 11.1. The molecule has 0 spiro atoms. The first kappa shape index (κ1) is 36.9. The van der Waals surface area contributed by atoms with Crippen LogP contribution < -0.4 is 0 Å². The van der Waals surface area contributed by atoms with Crippen molar-refractivity contribution in [3.05, 3.63) is 224 Å². The molecule has 4 nitrogen and oxygen atoms in total. The lowest BCUT2D eigenvalue weighted by Crippen LogP contribution is -2.02. The Morgan fingerprint density at radius 1 is 0.262 bits per heavy atom. The molecule has 0 atom stereocenters. The third-order valence-corrected chi connectivity index (χ3v) is 12.9. The number of para-hydroxylation sites is 2. The van der Waals surface area contributed by atoms with Gasteiger partial charge in [0.1, 0.15) is 11.2 Å². The van der Waals surface area contributed by atoms with Gasteiger partial charge in [0, 0.05) is 21.9 Å². The zero-order chi connectivity index (χ0) is 42.8. The van der Waals surface area contributed by atoms with E-state index in [2.05, 4.69) is 206 Å². The molecule has 4 heteroatoms. The molecular formula is C61H37N3O. The Bertz CT molecular complexity index is 4020. The van der Waals surface area contributed by atoms with Gasteiger partial charge in [-0.1, -0.05) is 188 Å². The molecule has 0 fully saturated rings. The second-order valence-electron chi connectivity index (χ2n) is 16.7. The van der Waals surface area contributed by atoms with Crippen molar-refractivity contribution >= 4 is 65.0 Å². The fourth-order valence-electron chi connectivity index (χ4n) is 9.73. The lowest BCUT2D eigenvalue weighted by atomic mass is 9.92. The molecule has 302 valence electrons. The average molecular weight is 828 g/mol. The van der Waals surface area contributed by atoms with Gasteiger partial charge in [0.2, 0.25) is 0 Å². The quantitative estimate of drug-likeness (QED) is 0.168. The summed E-state index contributed by atoms with van der Waals surface area (Å²) >= 11 is 0. The standard InChI is InChI=1S/C61H37N3O/c1-2-13-38(14-3-1)43-28-25-40-27-29-44(37-46(40)36-43)47-33-34-54(51-20-9-8-19-50(47)51)59-62-60(55-23-12-22-53-52-21-10-11-24-56(52)65-58(53)55)64-61(63-59)57-48-18-7-6-16-41(48)31-32-49(57)45-30-26-39-15-4-5-17-42(39)35-45/h1-37H. The summed E-state index contributed by atoms with van der Waals surface area (Å²) < 4.78 is 6.63. The maximum atomic E-state index is 6.63. The highest BCUT2D eigenvalue weighted by atomic mass is 16.3. The number of furan rings is 1. The van der Waals surface area contributed by atoms with E-state index < -0.39 is 0 Å². The minimum Gasteiger partial charge on any atom is -0.455 e. The van der Waals surface area contributed by atoms with Crippen LogP contribution in [0.3, 0.4) is 0 Å². The molecule has 0 N–H and O–H groups in total. The van der Waals surface area contributed by atoms with E-state index in [1.54, 1.807) is 0 Å². The topological polar surface area (TPSA) is 51.8 Å². The van der Waals surface area contributed by atoms with Gasteiger partial charge in [0.25, 0.3) is 0 Å². The summed E-state index contributed by atoms with van der Waals surface area (Å²) in [7, 11) is 0. The van der Waals surface area contributed by atoms with Crippen LogP contribution in [-0.4, -0.2) is 15.0 Å². The molecule has 0 aliphatic rings. The Labute approximate surface area is 374 Å². The van der Waals surface area contributed by atoms with Gasteiger partial charge in [-0.25, -0.2) is 15.0 Å². The van der Waals surface area contributed by atoms with E-state index in [0.717, 1.165) is 82.4 Å². The molecule has 0 radical (unpaired) electrons. The third-order valence-electron chi connectivity index (χ3n) is 12.9. The van der Waals surface area contributed by atoms with Crippen molar-refractivity contribution in [2.45, 2.75) is 0 Å². The number of aromatic nitrogens is 3. The second kappa shape index (κ2) is 15.0. The number of fused-ring (bicyclic) bond motifs is 7. The fraction of sp³-hybridized carbons (Fsp3) is 0. The first-order valence-corrected chi connectivity index (χ1v) is 22.0. The highest BCUT2D eigenvalue weighted by Gasteiger charge is 2.22.